The molecule has 0 radical (unpaired) electrons. The first kappa shape index (κ1) is 28.3. The molecule has 0 atom stereocenters. The molecular formula is C24H33N6O6S-. The van der Waals surface area contributed by atoms with E-state index in [-0.39, 0.29) is 16.3 Å². The zero-order chi connectivity index (χ0) is 27.3. The SMILES string of the molecule is CC(=O)[O-].CCCc1nn(C)c2c(=O)[nH]c(-c3cc(S(=O)(=O)N4CCN(C)CC4)ccc3OCC)nc12. The third-order valence-corrected chi connectivity index (χ3v) is 7.75. The fraction of sp³-hybridized carbons (Fsp3) is 0.500. The maximum Gasteiger partial charge on any atom is 0.277 e. The summed E-state index contributed by atoms with van der Waals surface area (Å²) in [6.07, 6.45) is 1.54. The van der Waals surface area contributed by atoms with Gasteiger partial charge < -0.3 is 24.5 Å². The number of benzene rings is 1. The number of piperazine rings is 1. The number of likely N-dealkylation sites (N-methyl/N-ethyl adjacent to an activating group) is 1. The van der Waals surface area contributed by atoms with E-state index in [0.29, 0.717) is 61.6 Å². The number of hydrogen-bond donors (Lipinski definition) is 1. The molecule has 0 amide bonds. The quantitative estimate of drug-likeness (QED) is 0.454. The van der Waals surface area contributed by atoms with Crippen LogP contribution in [-0.2, 0) is 28.3 Å². The van der Waals surface area contributed by atoms with Crippen molar-refractivity contribution in [1.82, 2.24) is 29.0 Å². The Labute approximate surface area is 215 Å². The number of carboxylic acids is 1. The van der Waals surface area contributed by atoms with Crippen molar-refractivity contribution in [2.45, 2.75) is 38.5 Å². The zero-order valence-electron chi connectivity index (χ0n) is 21.8. The number of fused-ring (bicyclic) bond motifs is 1. The zero-order valence-corrected chi connectivity index (χ0v) is 22.6. The third kappa shape index (κ3) is 6.35. The molecule has 1 aliphatic rings. The molecule has 1 aromatic carbocycles. The summed E-state index contributed by atoms with van der Waals surface area (Å²) < 4.78 is 35.4. The molecule has 4 rings (SSSR count). The standard InChI is InChI=1S/C22H30N6O4S.C2H4O2/c1-5-7-17-19-20(27(4)25-17)22(29)24-21(23-19)16-14-15(8-9-18(16)32-6-2)33(30,31)28-12-10-26(3)11-13-28;1-2(3)4/h8-9,14H,5-7,10-13H2,1-4H3,(H,23,24,29);1H3,(H,3,4)/p-1. The van der Waals surface area contributed by atoms with Crippen LogP contribution in [0.25, 0.3) is 22.4 Å². The summed E-state index contributed by atoms with van der Waals surface area (Å²) in [7, 11) is -0.00831. The van der Waals surface area contributed by atoms with E-state index >= 15 is 0 Å². The molecule has 1 N–H and O–H groups in total. The molecule has 1 saturated heterocycles. The summed E-state index contributed by atoms with van der Waals surface area (Å²) in [5, 5.41) is 13.3. The Morgan fingerprint density at radius 2 is 1.81 bits per heavy atom. The molecule has 0 saturated carbocycles. The van der Waals surface area contributed by atoms with Gasteiger partial charge in [-0.15, -0.1) is 0 Å². The molecule has 0 unspecified atom stereocenters. The van der Waals surface area contributed by atoms with E-state index in [1.54, 1.807) is 25.2 Å². The Morgan fingerprint density at radius 1 is 1.16 bits per heavy atom. The van der Waals surface area contributed by atoms with Crippen molar-refractivity contribution in [3.05, 3.63) is 34.2 Å². The molecular weight excluding hydrogens is 500 g/mol. The second kappa shape index (κ2) is 11.8. The van der Waals surface area contributed by atoms with Crippen LogP contribution in [0.5, 0.6) is 5.75 Å². The highest BCUT2D eigenvalue weighted by molar-refractivity contribution is 7.89. The Balaban J connectivity index is 0.000000886. The van der Waals surface area contributed by atoms with Crippen LogP contribution in [-0.4, -0.2) is 83.2 Å². The number of nitrogens with one attached hydrogen (secondary N) is 1. The van der Waals surface area contributed by atoms with Gasteiger partial charge in [0, 0.05) is 39.2 Å². The van der Waals surface area contributed by atoms with Crippen LogP contribution in [0, 0.1) is 0 Å². The van der Waals surface area contributed by atoms with Gasteiger partial charge in [-0.05, 0) is 45.5 Å². The summed E-state index contributed by atoms with van der Waals surface area (Å²) in [4.78, 5) is 31.5. The number of aliphatic carboxylic acids is 1. The molecule has 1 aliphatic heterocycles. The first-order chi connectivity index (χ1) is 17.5. The van der Waals surface area contributed by atoms with Crippen molar-refractivity contribution in [3.63, 3.8) is 0 Å². The molecule has 12 nitrogen and oxygen atoms in total. The predicted octanol–water partition coefficient (Wildman–Crippen LogP) is 0.367. The number of carboxylic acid groups (broad SMARTS) is 1. The Hall–Kier alpha value is -3.29. The number of aromatic nitrogens is 4. The third-order valence-electron chi connectivity index (χ3n) is 5.86. The number of nitrogens with zero attached hydrogens (tertiary/aromatic N) is 5. The van der Waals surface area contributed by atoms with E-state index in [9.17, 15) is 13.2 Å². The molecule has 13 heteroatoms. The van der Waals surface area contributed by atoms with Crippen LogP contribution < -0.4 is 15.4 Å². The van der Waals surface area contributed by atoms with E-state index in [4.69, 9.17) is 19.6 Å². The van der Waals surface area contributed by atoms with Crippen molar-refractivity contribution < 1.29 is 23.1 Å². The Morgan fingerprint density at radius 3 is 2.41 bits per heavy atom. The summed E-state index contributed by atoms with van der Waals surface area (Å²) in [6, 6.07) is 4.71. The van der Waals surface area contributed by atoms with E-state index in [1.165, 1.54) is 8.99 Å². The van der Waals surface area contributed by atoms with Gasteiger partial charge in [-0.1, -0.05) is 13.3 Å². The lowest BCUT2D eigenvalue weighted by atomic mass is 10.1. The van der Waals surface area contributed by atoms with Gasteiger partial charge in [0.25, 0.3) is 5.56 Å². The summed E-state index contributed by atoms with van der Waals surface area (Å²) in [6.45, 7) is 7.45. The van der Waals surface area contributed by atoms with Crippen molar-refractivity contribution >= 4 is 27.0 Å². The van der Waals surface area contributed by atoms with Gasteiger partial charge in [0.1, 0.15) is 17.1 Å². The van der Waals surface area contributed by atoms with Crippen LogP contribution >= 0.6 is 0 Å². The van der Waals surface area contributed by atoms with E-state index in [1.807, 2.05) is 20.9 Å². The minimum atomic E-state index is -3.70. The summed E-state index contributed by atoms with van der Waals surface area (Å²) in [5.41, 5.74) is 1.75. The Kier molecular flexibility index (Phi) is 9.05. The minimum absolute atomic E-state index is 0.147. The summed E-state index contributed by atoms with van der Waals surface area (Å²) >= 11 is 0. The lowest BCUT2D eigenvalue weighted by molar-refractivity contribution is -0.302. The van der Waals surface area contributed by atoms with Crippen molar-refractivity contribution in [2.24, 2.45) is 7.05 Å². The molecule has 0 aliphatic carbocycles. The molecule has 0 spiro atoms. The Bertz CT molecular complexity index is 1420. The lowest BCUT2D eigenvalue weighted by Gasteiger charge is -2.31. The van der Waals surface area contributed by atoms with Crippen LogP contribution in [0.3, 0.4) is 0 Å². The minimum Gasteiger partial charge on any atom is -0.550 e. The lowest BCUT2D eigenvalue weighted by Crippen LogP contribution is -2.47. The number of hydrogen-bond acceptors (Lipinski definition) is 9. The van der Waals surface area contributed by atoms with Crippen LogP contribution in [0.15, 0.2) is 27.9 Å². The van der Waals surface area contributed by atoms with Crippen LogP contribution in [0.4, 0.5) is 0 Å². The van der Waals surface area contributed by atoms with Crippen LogP contribution in [0.2, 0.25) is 0 Å². The monoisotopic (exact) mass is 533 g/mol. The van der Waals surface area contributed by atoms with E-state index in [2.05, 4.69) is 15.0 Å². The second-order valence-electron chi connectivity index (χ2n) is 8.72. The normalized spacial score (nSPS) is 14.8. The van der Waals surface area contributed by atoms with E-state index < -0.39 is 16.0 Å². The molecule has 1 fully saturated rings. The largest absolute Gasteiger partial charge is 0.550 e. The number of H-pyrrole nitrogens is 1. The first-order valence-electron chi connectivity index (χ1n) is 12.1. The number of aromatic amines is 1. The highest BCUT2D eigenvalue weighted by Crippen LogP contribution is 2.32. The summed E-state index contributed by atoms with van der Waals surface area (Å²) in [5.74, 6) is -0.366. The average molecular weight is 534 g/mol. The maximum atomic E-state index is 13.3. The first-order valence-corrected chi connectivity index (χ1v) is 13.5. The van der Waals surface area contributed by atoms with Gasteiger partial charge in [-0.25, -0.2) is 13.4 Å². The molecule has 37 heavy (non-hydrogen) atoms. The number of sulfonamides is 1. The van der Waals surface area contributed by atoms with Crippen molar-refractivity contribution in [3.8, 4) is 17.1 Å². The highest BCUT2D eigenvalue weighted by Gasteiger charge is 2.29. The average Bonchev–Trinajstić information content (AvgIpc) is 3.15. The number of aryl methyl sites for hydroxylation is 2. The second-order valence-corrected chi connectivity index (χ2v) is 10.7. The van der Waals surface area contributed by atoms with Gasteiger partial charge in [0.05, 0.1) is 22.8 Å². The molecule has 3 heterocycles. The van der Waals surface area contributed by atoms with E-state index in [0.717, 1.165) is 19.0 Å². The maximum absolute atomic E-state index is 13.3. The highest BCUT2D eigenvalue weighted by atomic mass is 32.2. The molecule has 0 bridgehead atoms. The molecule has 2 aromatic heterocycles. The predicted molar refractivity (Wildman–Crippen MR) is 137 cm³/mol. The van der Waals surface area contributed by atoms with Gasteiger partial charge in [-0.3, -0.25) is 9.48 Å². The number of rotatable bonds is 7. The number of carbonyl (C=O) groups is 1. The number of carbonyl (C=O) groups excluding carboxylic acids is 1. The van der Waals surface area contributed by atoms with Crippen molar-refractivity contribution in [1.29, 1.82) is 0 Å². The molecule has 3 aromatic rings. The van der Waals surface area contributed by atoms with Gasteiger partial charge in [-0.2, -0.15) is 9.40 Å². The number of ether oxygens (including phenoxy) is 1. The smallest absolute Gasteiger partial charge is 0.277 e. The van der Waals surface area contributed by atoms with Gasteiger partial charge >= 0.3 is 0 Å². The fourth-order valence-electron chi connectivity index (χ4n) is 4.09. The molecule has 202 valence electrons. The van der Waals surface area contributed by atoms with Gasteiger partial charge in [0.15, 0.2) is 5.52 Å². The van der Waals surface area contributed by atoms with Gasteiger partial charge in [0.2, 0.25) is 10.0 Å². The van der Waals surface area contributed by atoms with Crippen LogP contribution in [0.1, 0.15) is 32.9 Å². The fourth-order valence-corrected chi connectivity index (χ4v) is 5.54. The van der Waals surface area contributed by atoms with Crippen molar-refractivity contribution in [2.75, 3.05) is 39.8 Å². The topological polar surface area (TPSA) is 154 Å².